The van der Waals surface area contributed by atoms with Gasteiger partial charge in [-0.3, -0.25) is 9.78 Å². The third kappa shape index (κ3) is 2.98. The van der Waals surface area contributed by atoms with Gasteiger partial charge in [-0.2, -0.15) is 5.26 Å². The van der Waals surface area contributed by atoms with Gasteiger partial charge in [-0.05, 0) is 18.2 Å². The Labute approximate surface area is 175 Å². The SMILES string of the molecule is N#Cc1cc(=O)c2nc(-c3cc(Cl)c4ncccc4c3)c(-c3ccccc3)nc2[nH]1. The molecule has 0 bridgehead atoms. The Balaban J connectivity index is 1.88. The summed E-state index contributed by atoms with van der Waals surface area (Å²) < 4.78 is 0. The maximum Gasteiger partial charge on any atom is 0.210 e. The third-order valence-corrected chi connectivity index (χ3v) is 5.05. The molecule has 30 heavy (non-hydrogen) atoms. The first-order valence-electron chi connectivity index (χ1n) is 9.09. The summed E-state index contributed by atoms with van der Waals surface area (Å²) in [6.45, 7) is 0. The highest BCUT2D eigenvalue weighted by Crippen LogP contribution is 2.34. The molecule has 5 rings (SSSR count). The molecule has 0 saturated carbocycles. The zero-order valence-corrected chi connectivity index (χ0v) is 16.2. The molecular formula is C23H12ClN5O. The van der Waals surface area contributed by atoms with Gasteiger partial charge in [0.1, 0.15) is 11.8 Å². The van der Waals surface area contributed by atoms with E-state index < -0.39 is 0 Å². The van der Waals surface area contributed by atoms with Crippen molar-refractivity contribution in [3.05, 3.63) is 87.8 Å². The van der Waals surface area contributed by atoms with E-state index in [0.717, 1.165) is 16.5 Å². The van der Waals surface area contributed by atoms with Crippen LogP contribution in [0.3, 0.4) is 0 Å². The molecule has 3 aromatic heterocycles. The molecule has 2 aromatic carbocycles. The fourth-order valence-electron chi connectivity index (χ4n) is 3.40. The summed E-state index contributed by atoms with van der Waals surface area (Å²) in [5.74, 6) is 0. The van der Waals surface area contributed by atoms with Gasteiger partial charge in [0.05, 0.1) is 21.9 Å². The van der Waals surface area contributed by atoms with Crippen molar-refractivity contribution in [2.24, 2.45) is 0 Å². The van der Waals surface area contributed by atoms with Gasteiger partial charge < -0.3 is 4.98 Å². The van der Waals surface area contributed by atoms with E-state index >= 15 is 0 Å². The van der Waals surface area contributed by atoms with Gasteiger partial charge in [-0.1, -0.05) is 48.0 Å². The highest BCUT2D eigenvalue weighted by molar-refractivity contribution is 6.35. The minimum Gasteiger partial charge on any atom is -0.329 e. The predicted molar refractivity (Wildman–Crippen MR) is 116 cm³/mol. The Kier molecular flexibility index (Phi) is 4.24. The molecule has 6 nitrogen and oxygen atoms in total. The van der Waals surface area contributed by atoms with Gasteiger partial charge in [-0.15, -0.1) is 0 Å². The first-order valence-corrected chi connectivity index (χ1v) is 9.47. The predicted octanol–water partition coefficient (Wildman–Crippen LogP) is 4.73. The minimum absolute atomic E-state index is 0.133. The summed E-state index contributed by atoms with van der Waals surface area (Å²) in [7, 11) is 0. The van der Waals surface area contributed by atoms with E-state index in [1.165, 1.54) is 6.07 Å². The second kappa shape index (κ2) is 7.07. The molecule has 1 N–H and O–H groups in total. The Bertz CT molecular complexity index is 1540. The molecule has 0 aliphatic carbocycles. The molecule has 0 atom stereocenters. The van der Waals surface area contributed by atoms with Gasteiger partial charge in [0.2, 0.25) is 5.43 Å². The molecule has 0 radical (unpaired) electrons. The zero-order valence-electron chi connectivity index (χ0n) is 15.4. The van der Waals surface area contributed by atoms with Crippen molar-refractivity contribution in [2.45, 2.75) is 0 Å². The lowest BCUT2D eigenvalue weighted by Gasteiger charge is -2.12. The lowest BCUT2D eigenvalue weighted by atomic mass is 10.0. The molecule has 0 unspecified atom stereocenters. The number of rotatable bonds is 2. The monoisotopic (exact) mass is 409 g/mol. The zero-order chi connectivity index (χ0) is 20.7. The number of benzene rings is 2. The second-order valence-corrected chi connectivity index (χ2v) is 7.08. The van der Waals surface area contributed by atoms with Gasteiger partial charge >= 0.3 is 0 Å². The number of aromatic amines is 1. The van der Waals surface area contributed by atoms with E-state index in [-0.39, 0.29) is 22.3 Å². The largest absolute Gasteiger partial charge is 0.329 e. The quantitative estimate of drug-likeness (QED) is 0.455. The second-order valence-electron chi connectivity index (χ2n) is 6.68. The number of hydrogen-bond acceptors (Lipinski definition) is 5. The van der Waals surface area contributed by atoms with Crippen LogP contribution < -0.4 is 5.43 Å². The van der Waals surface area contributed by atoms with Crippen molar-refractivity contribution in [1.29, 1.82) is 5.26 Å². The van der Waals surface area contributed by atoms with Crippen LogP contribution in [0, 0.1) is 11.3 Å². The van der Waals surface area contributed by atoms with Crippen molar-refractivity contribution in [3.8, 4) is 28.6 Å². The molecule has 0 fully saturated rings. The Morgan fingerprint density at radius 2 is 1.70 bits per heavy atom. The minimum atomic E-state index is -0.373. The van der Waals surface area contributed by atoms with Crippen molar-refractivity contribution in [3.63, 3.8) is 0 Å². The fourth-order valence-corrected chi connectivity index (χ4v) is 3.68. The average molecular weight is 410 g/mol. The molecule has 0 amide bonds. The van der Waals surface area contributed by atoms with E-state index in [9.17, 15) is 10.1 Å². The van der Waals surface area contributed by atoms with Crippen LogP contribution in [0.5, 0.6) is 0 Å². The summed E-state index contributed by atoms with van der Waals surface area (Å²) in [4.78, 5) is 29.1. The average Bonchev–Trinajstić information content (AvgIpc) is 2.78. The highest BCUT2D eigenvalue weighted by Gasteiger charge is 2.17. The highest BCUT2D eigenvalue weighted by atomic mass is 35.5. The Morgan fingerprint density at radius 1 is 0.900 bits per heavy atom. The van der Waals surface area contributed by atoms with Crippen molar-refractivity contribution in [1.82, 2.24) is 19.9 Å². The van der Waals surface area contributed by atoms with Gasteiger partial charge in [0.25, 0.3) is 0 Å². The first kappa shape index (κ1) is 18.0. The molecule has 7 heteroatoms. The maximum atomic E-state index is 12.6. The number of H-pyrrole nitrogens is 1. The van der Waals surface area contributed by atoms with E-state index in [2.05, 4.69) is 19.9 Å². The lowest BCUT2D eigenvalue weighted by Crippen LogP contribution is -2.09. The van der Waals surface area contributed by atoms with Crippen LogP contribution in [-0.4, -0.2) is 19.9 Å². The number of hydrogen-bond donors (Lipinski definition) is 1. The van der Waals surface area contributed by atoms with Gasteiger partial charge in [0, 0.05) is 28.8 Å². The molecule has 0 aliphatic heterocycles. The van der Waals surface area contributed by atoms with Crippen LogP contribution in [0.2, 0.25) is 5.02 Å². The smallest absolute Gasteiger partial charge is 0.210 e. The van der Waals surface area contributed by atoms with E-state index in [0.29, 0.717) is 21.9 Å². The molecule has 0 saturated heterocycles. The summed E-state index contributed by atoms with van der Waals surface area (Å²) in [6, 6.07) is 20.2. The van der Waals surface area contributed by atoms with Crippen LogP contribution in [-0.2, 0) is 0 Å². The van der Waals surface area contributed by atoms with Crippen LogP contribution >= 0.6 is 11.6 Å². The van der Waals surface area contributed by atoms with Gasteiger partial charge in [0.15, 0.2) is 11.2 Å². The molecule has 0 spiro atoms. The summed E-state index contributed by atoms with van der Waals surface area (Å²) >= 11 is 6.48. The number of aromatic nitrogens is 4. The first-order chi connectivity index (χ1) is 14.6. The molecule has 0 aliphatic rings. The number of halogens is 1. The van der Waals surface area contributed by atoms with Crippen molar-refractivity contribution < 1.29 is 0 Å². The van der Waals surface area contributed by atoms with Crippen LogP contribution in [0.15, 0.2) is 71.7 Å². The van der Waals surface area contributed by atoms with Crippen molar-refractivity contribution >= 4 is 33.7 Å². The van der Waals surface area contributed by atoms with Crippen LogP contribution in [0.4, 0.5) is 0 Å². The number of nitrogens with one attached hydrogen (secondary N) is 1. The van der Waals surface area contributed by atoms with Crippen LogP contribution in [0.1, 0.15) is 5.69 Å². The fraction of sp³-hybridized carbons (Fsp3) is 0. The summed E-state index contributed by atoms with van der Waals surface area (Å²) in [6.07, 6.45) is 1.69. The Hall–Kier alpha value is -4.08. The molecule has 142 valence electrons. The number of nitriles is 1. The van der Waals surface area contributed by atoms with Crippen LogP contribution in [0.25, 0.3) is 44.6 Å². The van der Waals surface area contributed by atoms with E-state index in [4.69, 9.17) is 11.6 Å². The van der Waals surface area contributed by atoms with E-state index in [1.807, 2.05) is 54.6 Å². The molecule has 5 aromatic rings. The molecule has 3 heterocycles. The Morgan fingerprint density at radius 3 is 2.50 bits per heavy atom. The molecular weight excluding hydrogens is 398 g/mol. The van der Waals surface area contributed by atoms with Crippen molar-refractivity contribution in [2.75, 3.05) is 0 Å². The van der Waals surface area contributed by atoms with E-state index in [1.54, 1.807) is 12.3 Å². The number of fused-ring (bicyclic) bond motifs is 2. The topological polar surface area (TPSA) is 95.3 Å². The maximum absolute atomic E-state index is 12.6. The standard InChI is InChI=1S/C23H12ClN5O/c24-17-10-15(9-14-7-4-8-26-19(14)17)21-20(13-5-2-1-3-6-13)29-23-22(28-21)18(30)11-16(12-25)27-23/h1-11H,(H,27,29,30). The summed E-state index contributed by atoms with van der Waals surface area (Å²) in [5, 5.41) is 10.5. The normalized spacial score (nSPS) is 10.9. The van der Waals surface area contributed by atoms with Gasteiger partial charge in [-0.25, -0.2) is 9.97 Å². The number of nitrogens with zero attached hydrogens (tertiary/aromatic N) is 4. The summed E-state index contributed by atoms with van der Waals surface area (Å²) in [5.41, 5.74) is 3.51. The third-order valence-electron chi connectivity index (χ3n) is 4.76. The number of pyridine rings is 2. The lowest BCUT2D eigenvalue weighted by molar-refractivity contribution is 1.19.